The molecule has 0 amide bonds. The maximum absolute atomic E-state index is 10.2. The molecule has 0 aliphatic rings. The SMILES string of the molecule is CCCCCCCCCCCCCCCCO[Si]([O-])([O-])[O-].[Na+].[Na+].[Na+]. The summed E-state index contributed by atoms with van der Waals surface area (Å²) in [5, 5.41) is 0. The van der Waals surface area contributed by atoms with Crippen molar-refractivity contribution in [3.63, 3.8) is 0 Å². The van der Waals surface area contributed by atoms with Crippen molar-refractivity contribution in [3.05, 3.63) is 0 Å². The zero-order valence-corrected chi connectivity index (χ0v) is 23.7. The summed E-state index contributed by atoms with van der Waals surface area (Å²) < 4.78 is 4.21. The van der Waals surface area contributed by atoms with E-state index >= 15 is 0 Å². The molecule has 0 radical (unpaired) electrons. The van der Waals surface area contributed by atoms with Crippen LogP contribution >= 0.6 is 0 Å². The van der Waals surface area contributed by atoms with E-state index in [1.54, 1.807) is 0 Å². The molecule has 0 rings (SSSR count). The Kier molecular flexibility index (Phi) is 37.5. The average molecular weight is 386 g/mol. The quantitative estimate of drug-likeness (QED) is 0.195. The van der Waals surface area contributed by atoms with Crippen molar-refractivity contribution < 1.29 is 107 Å². The van der Waals surface area contributed by atoms with E-state index in [0.717, 1.165) is 12.8 Å². The van der Waals surface area contributed by atoms with Crippen LogP contribution in [-0.4, -0.2) is 15.7 Å². The van der Waals surface area contributed by atoms with Crippen molar-refractivity contribution in [2.24, 2.45) is 0 Å². The third-order valence-electron chi connectivity index (χ3n) is 3.78. The van der Waals surface area contributed by atoms with Crippen LogP contribution in [0.25, 0.3) is 0 Å². The van der Waals surface area contributed by atoms with Gasteiger partial charge in [-0.1, -0.05) is 90.4 Å². The van der Waals surface area contributed by atoms with E-state index in [9.17, 15) is 14.4 Å². The molecule has 0 aromatic heterocycles. The van der Waals surface area contributed by atoms with Gasteiger partial charge in [-0.05, 0) is 6.42 Å². The first kappa shape index (κ1) is 34.6. The zero-order valence-electron chi connectivity index (χ0n) is 16.7. The predicted molar refractivity (Wildman–Crippen MR) is 82.0 cm³/mol. The van der Waals surface area contributed by atoms with Crippen LogP contribution < -0.4 is 103 Å². The molecule has 24 heavy (non-hydrogen) atoms. The Balaban J connectivity index is -0.000000667. The Labute approximate surface area is 217 Å². The van der Waals surface area contributed by atoms with E-state index in [2.05, 4.69) is 11.3 Å². The Hall–Kier alpha value is 3.06. The summed E-state index contributed by atoms with van der Waals surface area (Å²) in [6.45, 7) is 2.31. The van der Waals surface area contributed by atoms with E-state index in [4.69, 9.17) is 0 Å². The van der Waals surface area contributed by atoms with Crippen LogP contribution in [0.3, 0.4) is 0 Å². The van der Waals surface area contributed by atoms with Gasteiger partial charge < -0.3 is 18.8 Å². The molecule has 0 aliphatic carbocycles. The van der Waals surface area contributed by atoms with Gasteiger partial charge in [-0.15, -0.1) is 9.05 Å². The molecule has 0 heterocycles. The summed E-state index contributed by atoms with van der Waals surface area (Å²) in [5.74, 6) is 0. The Bertz CT molecular complexity index is 220. The molecule has 8 heteroatoms. The predicted octanol–water partition coefficient (Wildman–Crippen LogP) is -6.99. The summed E-state index contributed by atoms with van der Waals surface area (Å²) in [4.78, 5) is 30.7. The van der Waals surface area contributed by atoms with Gasteiger partial charge in [0.05, 0.1) is 0 Å². The topological polar surface area (TPSA) is 78.4 Å². The van der Waals surface area contributed by atoms with E-state index < -0.39 is 9.05 Å². The molecule has 0 aliphatic heterocycles. The fourth-order valence-corrected chi connectivity index (χ4v) is 2.89. The van der Waals surface area contributed by atoms with Crippen LogP contribution in [0, 0.1) is 0 Å². The monoisotopic (exact) mass is 386 g/mol. The standard InChI is InChI=1S/C16H33O4Si.3Na/c1-2-3-4-5-6-7-8-9-10-11-12-13-14-15-16-20-21(17,18)19;;;/h2-16H2,1H3;;;/q-3;3*+1. The maximum atomic E-state index is 10.2. The smallest absolute Gasteiger partial charge is 0.861 e. The van der Waals surface area contributed by atoms with Crippen LogP contribution in [-0.2, 0) is 4.43 Å². The van der Waals surface area contributed by atoms with Crippen molar-refractivity contribution >= 4 is 9.05 Å². The number of unbranched alkanes of at least 4 members (excludes halogenated alkanes) is 13. The fraction of sp³-hybridized carbons (Fsp3) is 1.00. The van der Waals surface area contributed by atoms with Crippen molar-refractivity contribution in [1.29, 1.82) is 0 Å². The Morgan fingerprint density at radius 3 is 1.12 bits per heavy atom. The summed E-state index contributed by atoms with van der Waals surface area (Å²) >= 11 is 0. The Morgan fingerprint density at radius 2 is 0.833 bits per heavy atom. The van der Waals surface area contributed by atoms with Gasteiger partial charge in [-0.2, -0.15) is 0 Å². The molecule has 0 fully saturated rings. The fourth-order valence-electron chi connectivity index (χ4n) is 2.49. The first-order valence-electron chi connectivity index (χ1n) is 8.81. The Morgan fingerprint density at radius 1 is 0.542 bits per heavy atom. The number of rotatable bonds is 16. The van der Waals surface area contributed by atoms with E-state index in [1.807, 2.05) is 0 Å². The molecule has 0 N–H and O–H groups in total. The summed E-state index contributed by atoms with van der Waals surface area (Å²) in [6, 6.07) is 0. The van der Waals surface area contributed by atoms with Crippen LogP contribution in [0.2, 0.25) is 0 Å². The van der Waals surface area contributed by atoms with Crippen molar-refractivity contribution in [3.8, 4) is 0 Å². The summed E-state index contributed by atoms with van der Waals surface area (Å²) in [6.07, 6.45) is 17.5. The third kappa shape index (κ3) is 32.7. The maximum Gasteiger partial charge on any atom is 1.00 e. The van der Waals surface area contributed by atoms with E-state index in [-0.39, 0.29) is 95.3 Å². The normalized spacial score (nSPS) is 10.5. The van der Waals surface area contributed by atoms with Gasteiger partial charge in [0.15, 0.2) is 0 Å². The second-order valence-corrected chi connectivity index (χ2v) is 7.23. The van der Waals surface area contributed by atoms with Gasteiger partial charge in [-0.3, -0.25) is 0 Å². The minimum atomic E-state index is -5.01. The second kappa shape index (κ2) is 26.1. The summed E-state index contributed by atoms with van der Waals surface area (Å²) in [5.41, 5.74) is 0. The number of hydrogen-bond donors (Lipinski definition) is 0. The molecule has 0 aromatic carbocycles. The molecule has 0 spiro atoms. The first-order chi connectivity index (χ1) is 10.1. The molecule has 0 atom stereocenters. The van der Waals surface area contributed by atoms with Crippen molar-refractivity contribution in [2.75, 3.05) is 6.61 Å². The largest absolute Gasteiger partial charge is 1.00 e. The molecule has 0 aromatic rings. The van der Waals surface area contributed by atoms with Crippen LogP contribution in [0.15, 0.2) is 0 Å². The molecule has 128 valence electrons. The molecule has 0 saturated heterocycles. The van der Waals surface area contributed by atoms with Gasteiger partial charge >= 0.3 is 88.7 Å². The van der Waals surface area contributed by atoms with Gasteiger partial charge in [-0.25, -0.2) is 0 Å². The molecule has 0 saturated carbocycles. The minimum absolute atomic E-state index is 0. The van der Waals surface area contributed by atoms with Crippen LogP contribution in [0.4, 0.5) is 0 Å². The molecular weight excluding hydrogens is 353 g/mol. The minimum Gasteiger partial charge on any atom is -0.861 e. The average Bonchev–Trinajstić information content (AvgIpc) is 2.42. The molecular formula is C16H33Na3O4Si. The number of hydrogen-bond acceptors (Lipinski definition) is 4. The van der Waals surface area contributed by atoms with Crippen molar-refractivity contribution in [1.82, 2.24) is 0 Å². The van der Waals surface area contributed by atoms with E-state index in [1.165, 1.54) is 70.6 Å². The molecule has 0 bridgehead atoms. The molecule has 4 nitrogen and oxygen atoms in total. The first-order valence-corrected chi connectivity index (χ1v) is 10.4. The third-order valence-corrected chi connectivity index (χ3v) is 4.33. The van der Waals surface area contributed by atoms with Gasteiger partial charge in [0, 0.05) is 6.61 Å². The van der Waals surface area contributed by atoms with E-state index in [0.29, 0.717) is 6.42 Å². The second-order valence-electron chi connectivity index (χ2n) is 5.94. The van der Waals surface area contributed by atoms with Crippen molar-refractivity contribution in [2.45, 2.75) is 96.8 Å². The van der Waals surface area contributed by atoms with Crippen LogP contribution in [0.1, 0.15) is 96.8 Å². The van der Waals surface area contributed by atoms with Crippen LogP contribution in [0.5, 0.6) is 0 Å². The zero-order chi connectivity index (χ0) is 15.8. The molecule has 0 unspecified atom stereocenters. The van der Waals surface area contributed by atoms with Gasteiger partial charge in [0.2, 0.25) is 0 Å². The van der Waals surface area contributed by atoms with Gasteiger partial charge in [0.1, 0.15) is 0 Å². The summed E-state index contributed by atoms with van der Waals surface area (Å²) in [7, 11) is -5.01. The van der Waals surface area contributed by atoms with Gasteiger partial charge in [0.25, 0.3) is 0 Å².